The van der Waals surface area contributed by atoms with Crippen molar-refractivity contribution in [3.8, 4) is 0 Å². The maximum atomic E-state index is 6.17. The van der Waals surface area contributed by atoms with Crippen LogP contribution < -0.4 is 5.73 Å². The van der Waals surface area contributed by atoms with Crippen LogP contribution in [0.5, 0.6) is 0 Å². The van der Waals surface area contributed by atoms with Crippen LogP contribution in [0.15, 0.2) is 58.2 Å². The van der Waals surface area contributed by atoms with E-state index in [1.807, 2.05) is 36.4 Å². The zero-order valence-electron chi connectivity index (χ0n) is 12.8. The zero-order chi connectivity index (χ0) is 16.9. The average molecular weight is 381 g/mol. The minimum absolute atomic E-state index is 0.0850. The molecule has 0 aliphatic heterocycles. The quantitative estimate of drug-likeness (QED) is 0.650. The van der Waals surface area contributed by atoms with Gasteiger partial charge >= 0.3 is 0 Å². The van der Waals surface area contributed by atoms with E-state index in [0.29, 0.717) is 26.9 Å². The first-order valence-corrected chi connectivity index (χ1v) is 9.13. The van der Waals surface area contributed by atoms with Gasteiger partial charge in [-0.15, -0.1) is 10.2 Å². The van der Waals surface area contributed by atoms with Crippen molar-refractivity contribution in [1.82, 2.24) is 10.2 Å². The number of hydrogen-bond acceptors (Lipinski definition) is 4. The fourth-order valence-corrected chi connectivity index (χ4v) is 3.74. The van der Waals surface area contributed by atoms with Crippen molar-refractivity contribution < 1.29 is 10.2 Å². The van der Waals surface area contributed by atoms with Crippen LogP contribution in [0.3, 0.4) is 0 Å². The van der Waals surface area contributed by atoms with Gasteiger partial charge in [0.2, 0.25) is 0 Å². The van der Waals surface area contributed by atoms with Crippen LogP contribution in [0.4, 0.5) is 0 Å². The Balaban J connectivity index is 1.63. The van der Waals surface area contributed by atoms with Crippen molar-refractivity contribution in [3.05, 3.63) is 75.6 Å². The van der Waals surface area contributed by atoms with E-state index in [0.717, 1.165) is 12.0 Å². The normalized spacial score (nSPS) is 12.3. The maximum absolute atomic E-state index is 6.17. The Morgan fingerprint density at radius 3 is 2.42 bits per heavy atom. The van der Waals surface area contributed by atoms with E-state index in [9.17, 15) is 0 Å². The summed E-state index contributed by atoms with van der Waals surface area (Å²) in [5.74, 6) is 1.10. The molecule has 2 aromatic carbocycles. The lowest BCUT2D eigenvalue weighted by molar-refractivity contribution is -0.431. The predicted molar refractivity (Wildman–Crippen MR) is 96.1 cm³/mol. The van der Waals surface area contributed by atoms with Crippen molar-refractivity contribution in [2.75, 3.05) is 0 Å². The standard InChI is InChI=1S/C17H15Cl2N3OS/c18-13-7-4-8-14(19)12(13)10-24-17-22-21-16(23-17)15(20)9-11-5-2-1-3-6-11/h1-8,15H,9-10,20H2/p+1/t15-/m0/s1. The monoisotopic (exact) mass is 380 g/mol. The number of benzene rings is 2. The largest absolute Gasteiger partial charge is 0.410 e. The van der Waals surface area contributed by atoms with E-state index in [4.69, 9.17) is 27.6 Å². The number of aromatic nitrogens is 2. The number of hydrogen-bond donors (Lipinski definition) is 1. The summed E-state index contributed by atoms with van der Waals surface area (Å²) in [5, 5.41) is 9.93. The third-order valence-electron chi connectivity index (χ3n) is 3.50. The molecule has 0 aliphatic rings. The number of halogens is 2. The first kappa shape index (κ1) is 17.3. The summed E-state index contributed by atoms with van der Waals surface area (Å²) < 4.78 is 5.71. The summed E-state index contributed by atoms with van der Waals surface area (Å²) in [6.07, 6.45) is 0.753. The van der Waals surface area contributed by atoms with Crippen molar-refractivity contribution >= 4 is 35.0 Å². The van der Waals surface area contributed by atoms with Gasteiger partial charge in [0.1, 0.15) is 0 Å². The molecule has 24 heavy (non-hydrogen) atoms. The highest BCUT2D eigenvalue weighted by Crippen LogP contribution is 2.31. The number of nitrogens with zero attached hydrogens (tertiary/aromatic N) is 2. The second kappa shape index (κ2) is 8.03. The van der Waals surface area contributed by atoms with Crippen LogP contribution in [0.2, 0.25) is 10.0 Å². The smallest absolute Gasteiger partial charge is 0.277 e. The maximum Gasteiger partial charge on any atom is 0.277 e. The molecule has 0 fully saturated rings. The van der Waals surface area contributed by atoms with E-state index in [2.05, 4.69) is 28.1 Å². The molecule has 0 saturated heterocycles. The lowest BCUT2D eigenvalue weighted by atomic mass is 10.1. The Morgan fingerprint density at radius 2 is 1.71 bits per heavy atom. The van der Waals surface area contributed by atoms with Gasteiger partial charge in [0, 0.05) is 22.2 Å². The van der Waals surface area contributed by atoms with Crippen LogP contribution in [-0.2, 0) is 12.2 Å². The van der Waals surface area contributed by atoms with Crippen LogP contribution in [0.1, 0.15) is 23.1 Å². The topological polar surface area (TPSA) is 66.6 Å². The van der Waals surface area contributed by atoms with Gasteiger partial charge in [-0.2, -0.15) is 0 Å². The van der Waals surface area contributed by atoms with Gasteiger partial charge in [-0.05, 0) is 23.3 Å². The summed E-state index contributed by atoms with van der Waals surface area (Å²) in [6, 6.07) is 15.5. The van der Waals surface area contributed by atoms with E-state index < -0.39 is 0 Å². The summed E-state index contributed by atoms with van der Waals surface area (Å²) in [4.78, 5) is 0. The zero-order valence-corrected chi connectivity index (χ0v) is 15.1. The fraction of sp³-hybridized carbons (Fsp3) is 0.176. The Labute approximate surface area is 154 Å². The van der Waals surface area contributed by atoms with Crippen LogP contribution in [-0.4, -0.2) is 10.2 Å². The molecule has 3 rings (SSSR count). The lowest BCUT2D eigenvalue weighted by Gasteiger charge is -2.05. The second-order valence-electron chi connectivity index (χ2n) is 5.28. The molecule has 1 atom stereocenters. The third-order valence-corrected chi connectivity index (χ3v) is 5.05. The van der Waals surface area contributed by atoms with Crippen molar-refractivity contribution in [2.24, 2.45) is 0 Å². The SMILES string of the molecule is [NH3+][C@@H](Cc1ccccc1)c1nnc(SCc2c(Cl)cccc2Cl)o1. The minimum atomic E-state index is -0.0850. The molecule has 3 aromatic rings. The van der Waals surface area contributed by atoms with E-state index in [1.54, 1.807) is 0 Å². The van der Waals surface area contributed by atoms with Gasteiger partial charge in [-0.25, -0.2) is 0 Å². The molecule has 7 heteroatoms. The molecule has 1 aromatic heterocycles. The first-order chi connectivity index (χ1) is 11.6. The average Bonchev–Trinajstić information content (AvgIpc) is 3.04. The molecule has 0 amide bonds. The summed E-state index contributed by atoms with van der Waals surface area (Å²) in [7, 11) is 0. The van der Waals surface area contributed by atoms with Gasteiger partial charge in [0.15, 0.2) is 6.04 Å². The molecule has 124 valence electrons. The molecule has 0 bridgehead atoms. The van der Waals surface area contributed by atoms with Crippen LogP contribution in [0, 0.1) is 0 Å². The molecule has 0 spiro atoms. The van der Waals surface area contributed by atoms with Crippen LogP contribution >= 0.6 is 35.0 Å². The highest BCUT2D eigenvalue weighted by Gasteiger charge is 2.19. The molecule has 0 unspecified atom stereocenters. The van der Waals surface area contributed by atoms with Gasteiger partial charge in [0.25, 0.3) is 11.1 Å². The summed E-state index contributed by atoms with van der Waals surface area (Å²) in [5.41, 5.74) is 6.17. The van der Waals surface area contributed by atoms with Crippen LogP contribution in [0.25, 0.3) is 0 Å². The molecule has 1 heterocycles. The Hall–Kier alpha value is -1.53. The van der Waals surface area contributed by atoms with Gasteiger partial charge in [-0.3, -0.25) is 0 Å². The predicted octanol–water partition coefficient (Wildman–Crippen LogP) is 4.19. The summed E-state index contributed by atoms with van der Waals surface area (Å²) >= 11 is 13.7. The molecule has 0 aliphatic carbocycles. The first-order valence-electron chi connectivity index (χ1n) is 7.39. The number of quaternary nitrogens is 1. The Bertz CT molecular complexity index is 790. The van der Waals surface area contributed by atoms with Crippen molar-refractivity contribution in [1.29, 1.82) is 0 Å². The molecular weight excluding hydrogens is 365 g/mol. The minimum Gasteiger partial charge on any atom is -0.410 e. The molecule has 0 radical (unpaired) electrons. The Morgan fingerprint density at radius 1 is 1.00 bits per heavy atom. The Kier molecular flexibility index (Phi) is 5.79. The number of thioether (sulfide) groups is 1. The van der Waals surface area contributed by atoms with E-state index >= 15 is 0 Å². The van der Waals surface area contributed by atoms with Gasteiger partial charge in [-0.1, -0.05) is 71.4 Å². The highest BCUT2D eigenvalue weighted by atomic mass is 35.5. The molecule has 4 nitrogen and oxygen atoms in total. The fourth-order valence-electron chi connectivity index (χ4n) is 2.23. The molecule has 0 saturated carbocycles. The summed E-state index contributed by atoms with van der Waals surface area (Å²) in [6.45, 7) is 0. The van der Waals surface area contributed by atoms with Crippen molar-refractivity contribution in [2.45, 2.75) is 23.4 Å². The van der Waals surface area contributed by atoms with Gasteiger partial charge < -0.3 is 10.2 Å². The highest BCUT2D eigenvalue weighted by molar-refractivity contribution is 7.98. The molecular formula is C17H16Cl2N3OS+. The van der Waals surface area contributed by atoms with E-state index in [-0.39, 0.29) is 6.04 Å². The van der Waals surface area contributed by atoms with E-state index in [1.165, 1.54) is 17.3 Å². The second-order valence-corrected chi connectivity index (χ2v) is 7.02. The lowest BCUT2D eigenvalue weighted by Crippen LogP contribution is -2.54. The third kappa shape index (κ3) is 4.30. The molecule has 3 N–H and O–H groups in total. The number of rotatable bonds is 6. The van der Waals surface area contributed by atoms with Gasteiger partial charge in [0.05, 0.1) is 0 Å². The van der Waals surface area contributed by atoms with Crippen molar-refractivity contribution in [3.63, 3.8) is 0 Å².